The first-order valence-corrected chi connectivity index (χ1v) is 10.1. The molecule has 0 aromatic heterocycles. The van der Waals surface area contributed by atoms with Gasteiger partial charge in [0.2, 0.25) is 0 Å². The molecule has 7 heteroatoms. The van der Waals surface area contributed by atoms with Gasteiger partial charge in [-0.1, -0.05) is 12.1 Å². The second-order valence-corrected chi connectivity index (χ2v) is 7.60. The summed E-state index contributed by atoms with van der Waals surface area (Å²) in [7, 11) is 1.82. The Labute approximate surface area is 161 Å². The summed E-state index contributed by atoms with van der Waals surface area (Å²) in [4.78, 5) is 11.4. The first kappa shape index (κ1) is 18.5. The van der Waals surface area contributed by atoms with Crippen LogP contribution in [0.2, 0.25) is 0 Å². The van der Waals surface area contributed by atoms with Crippen molar-refractivity contribution < 1.29 is 9.13 Å². The number of nitrogens with one attached hydrogen (secondary N) is 1. The van der Waals surface area contributed by atoms with Crippen molar-refractivity contribution in [2.75, 3.05) is 64.4 Å². The first-order valence-electron chi connectivity index (χ1n) is 10.1. The first-order chi connectivity index (χ1) is 13.2. The molecule has 1 N–H and O–H groups in total. The fraction of sp³-hybridized carbons (Fsp3) is 0.650. The van der Waals surface area contributed by atoms with Crippen molar-refractivity contribution in [3.8, 4) is 0 Å². The molecule has 1 aromatic rings. The topological polar surface area (TPSA) is 43.3 Å². The molecule has 0 spiro atoms. The molecule has 0 saturated carbocycles. The smallest absolute Gasteiger partial charge is 0.193 e. The molecule has 3 aliphatic rings. The number of nitrogens with zero attached hydrogens (tertiary/aromatic N) is 4. The van der Waals surface area contributed by atoms with Crippen LogP contribution in [0.15, 0.2) is 29.3 Å². The average molecular weight is 375 g/mol. The van der Waals surface area contributed by atoms with Crippen molar-refractivity contribution in [1.82, 2.24) is 15.1 Å². The molecule has 0 aliphatic carbocycles. The van der Waals surface area contributed by atoms with Crippen molar-refractivity contribution in [3.63, 3.8) is 0 Å². The number of hydrogen-bond donors (Lipinski definition) is 1. The highest BCUT2D eigenvalue weighted by Gasteiger charge is 2.32. The third-order valence-electron chi connectivity index (χ3n) is 5.93. The number of fused-ring (bicyclic) bond motifs is 1. The Morgan fingerprint density at radius 2 is 2.04 bits per heavy atom. The molecular formula is C20H30FN5O. The number of ether oxygens (including phenoxy) is 1. The van der Waals surface area contributed by atoms with E-state index in [0.717, 1.165) is 51.8 Å². The molecule has 3 fully saturated rings. The lowest BCUT2D eigenvalue weighted by Crippen LogP contribution is -2.55. The lowest BCUT2D eigenvalue weighted by atomic mass is 10.2. The Bertz CT molecular complexity index is 662. The highest BCUT2D eigenvalue weighted by Crippen LogP contribution is 2.22. The van der Waals surface area contributed by atoms with Crippen LogP contribution < -0.4 is 10.2 Å². The standard InChI is InChI=1S/C20H30FN5O/c1-22-20(23-13-17-14-26-8-4-5-16(26)15-27-17)25-11-9-24(10-12-25)19-7-3-2-6-18(19)21/h2-3,6-7,16-17H,4-5,8-15H2,1H3,(H,22,23). The maximum atomic E-state index is 14.0. The monoisotopic (exact) mass is 375 g/mol. The van der Waals surface area contributed by atoms with E-state index in [0.29, 0.717) is 11.7 Å². The minimum Gasteiger partial charge on any atom is -0.373 e. The van der Waals surface area contributed by atoms with Gasteiger partial charge in [-0.3, -0.25) is 9.89 Å². The Balaban J connectivity index is 1.26. The normalized spacial score (nSPS) is 27.0. The van der Waals surface area contributed by atoms with Crippen molar-refractivity contribution in [3.05, 3.63) is 30.1 Å². The summed E-state index contributed by atoms with van der Waals surface area (Å²) in [6.07, 6.45) is 2.78. The van der Waals surface area contributed by atoms with Crippen LogP contribution in [0.5, 0.6) is 0 Å². The van der Waals surface area contributed by atoms with Crippen LogP contribution >= 0.6 is 0 Å². The molecule has 2 atom stereocenters. The molecule has 0 amide bonds. The maximum Gasteiger partial charge on any atom is 0.193 e. The zero-order chi connectivity index (χ0) is 18.6. The molecule has 3 saturated heterocycles. The fourth-order valence-electron chi connectivity index (χ4n) is 4.41. The number of guanidine groups is 1. The molecule has 27 heavy (non-hydrogen) atoms. The minimum absolute atomic E-state index is 0.150. The van der Waals surface area contributed by atoms with Gasteiger partial charge in [0.05, 0.1) is 18.4 Å². The summed E-state index contributed by atoms with van der Waals surface area (Å²) in [5.74, 6) is 0.762. The van der Waals surface area contributed by atoms with Gasteiger partial charge < -0.3 is 19.9 Å². The predicted molar refractivity (Wildman–Crippen MR) is 106 cm³/mol. The van der Waals surface area contributed by atoms with Crippen LogP contribution in [0.25, 0.3) is 0 Å². The molecule has 0 bridgehead atoms. The third kappa shape index (κ3) is 4.19. The summed E-state index contributed by atoms with van der Waals surface area (Å²) in [6.45, 7) is 7.08. The SMILES string of the molecule is CN=C(NCC1CN2CCCC2CO1)N1CCN(c2ccccc2F)CC1. The van der Waals surface area contributed by atoms with E-state index in [1.165, 1.54) is 25.5 Å². The van der Waals surface area contributed by atoms with Crippen molar-refractivity contribution >= 4 is 11.6 Å². The molecule has 3 aliphatic heterocycles. The van der Waals surface area contributed by atoms with Crippen LogP contribution in [0.3, 0.4) is 0 Å². The predicted octanol–water partition coefficient (Wildman–Crippen LogP) is 1.39. The fourth-order valence-corrected chi connectivity index (χ4v) is 4.41. The van der Waals surface area contributed by atoms with E-state index in [4.69, 9.17) is 4.74 Å². The maximum absolute atomic E-state index is 14.0. The average Bonchev–Trinajstić information content (AvgIpc) is 3.17. The van der Waals surface area contributed by atoms with Crippen LogP contribution in [-0.2, 0) is 4.74 Å². The molecular weight excluding hydrogens is 345 g/mol. The summed E-state index contributed by atoms with van der Waals surface area (Å²) in [5.41, 5.74) is 0.691. The second kappa shape index (κ2) is 8.44. The summed E-state index contributed by atoms with van der Waals surface area (Å²) < 4.78 is 20.0. The lowest BCUT2D eigenvalue weighted by Gasteiger charge is -2.39. The largest absolute Gasteiger partial charge is 0.373 e. The van der Waals surface area contributed by atoms with Gasteiger partial charge >= 0.3 is 0 Å². The molecule has 6 nitrogen and oxygen atoms in total. The van der Waals surface area contributed by atoms with Crippen LogP contribution in [-0.4, -0.2) is 87.4 Å². The van der Waals surface area contributed by atoms with Gasteiger partial charge in [-0.05, 0) is 31.5 Å². The summed E-state index contributed by atoms with van der Waals surface area (Å²) in [5, 5.41) is 3.49. The number of benzene rings is 1. The van der Waals surface area contributed by atoms with Gasteiger partial charge in [0.15, 0.2) is 5.96 Å². The molecule has 1 aromatic carbocycles. The number of piperazine rings is 1. The van der Waals surface area contributed by atoms with Crippen LogP contribution in [0, 0.1) is 5.82 Å². The highest BCUT2D eigenvalue weighted by molar-refractivity contribution is 5.80. The minimum atomic E-state index is -0.150. The Kier molecular flexibility index (Phi) is 5.78. The van der Waals surface area contributed by atoms with E-state index >= 15 is 0 Å². The van der Waals surface area contributed by atoms with Gasteiger partial charge in [0.1, 0.15) is 5.82 Å². The zero-order valence-electron chi connectivity index (χ0n) is 16.1. The Hall–Kier alpha value is -1.86. The number of morpholine rings is 1. The van der Waals surface area contributed by atoms with E-state index in [1.807, 2.05) is 19.2 Å². The van der Waals surface area contributed by atoms with E-state index in [9.17, 15) is 4.39 Å². The van der Waals surface area contributed by atoms with Crippen LogP contribution in [0.4, 0.5) is 10.1 Å². The molecule has 3 heterocycles. The third-order valence-corrected chi connectivity index (χ3v) is 5.93. The zero-order valence-corrected chi connectivity index (χ0v) is 16.1. The summed E-state index contributed by atoms with van der Waals surface area (Å²) in [6, 6.07) is 7.63. The number of para-hydroxylation sites is 1. The second-order valence-electron chi connectivity index (χ2n) is 7.60. The molecule has 148 valence electrons. The molecule has 4 rings (SSSR count). The number of rotatable bonds is 3. The van der Waals surface area contributed by atoms with E-state index in [2.05, 4.69) is 25.0 Å². The van der Waals surface area contributed by atoms with Gasteiger partial charge in [-0.15, -0.1) is 0 Å². The number of halogens is 1. The number of anilines is 1. The van der Waals surface area contributed by atoms with Crippen molar-refractivity contribution in [1.29, 1.82) is 0 Å². The number of aliphatic imine (C=N–C) groups is 1. The highest BCUT2D eigenvalue weighted by atomic mass is 19.1. The van der Waals surface area contributed by atoms with E-state index < -0.39 is 0 Å². The Morgan fingerprint density at radius 3 is 2.81 bits per heavy atom. The van der Waals surface area contributed by atoms with Crippen molar-refractivity contribution in [2.45, 2.75) is 25.0 Å². The van der Waals surface area contributed by atoms with Gasteiger partial charge in [-0.25, -0.2) is 4.39 Å². The van der Waals surface area contributed by atoms with E-state index in [1.54, 1.807) is 6.07 Å². The van der Waals surface area contributed by atoms with Crippen molar-refractivity contribution in [2.24, 2.45) is 4.99 Å². The molecule has 0 radical (unpaired) electrons. The quantitative estimate of drug-likeness (QED) is 0.639. The molecule has 2 unspecified atom stereocenters. The van der Waals surface area contributed by atoms with Gasteiger partial charge in [0.25, 0.3) is 0 Å². The lowest BCUT2D eigenvalue weighted by molar-refractivity contribution is -0.0454. The van der Waals surface area contributed by atoms with E-state index in [-0.39, 0.29) is 11.9 Å². The summed E-state index contributed by atoms with van der Waals surface area (Å²) >= 11 is 0. The number of hydrogen-bond acceptors (Lipinski definition) is 4. The Morgan fingerprint density at radius 1 is 1.22 bits per heavy atom. The van der Waals surface area contributed by atoms with Crippen LogP contribution in [0.1, 0.15) is 12.8 Å². The van der Waals surface area contributed by atoms with Gasteiger partial charge in [-0.2, -0.15) is 0 Å². The van der Waals surface area contributed by atoms with Gasteiger partial charge in [0, 0.05) is 52.4 Å².